The predicted octanol–water partition coefficient (Wildman–Crippen LogP) is 5.69. The van der Waals surface area contributed by atoms with E-state index in [1.54, 1.807) is 18.2 Å². The fraction of sp³-hybridized carbons (Fsp3) is 0.286. The molecule has 1 fully saturated rings. The van der Waals surface area contributed by atoms with Gasteiger partial charge >= 0.3 is 0 Å². The Morgan fingerprint density at radius 1 is 1.17 bits per heavy atom. The van der Waals surface area contributed by atoms with Crippen molar-refractivity contribution in [3.05, 3.63) is 58.8 Å². The average Bonchev–Trinajstić information content (AvgIpc) is 3.36. The number of hydrogen-bond donors (Lipinski definition) is 1. The van der Waals surface area contributed by atoms with Gasteiger partial charge in [-0.3, -0.25) is 9.36 Å². The molecule has 1 N–H and O–H groups in total. The lowest BCUT2D eigenvalue weighted by Crippen LogP contribution is -2.15. The molecule has 0 saturated heterocycles. The van der Waals surface area contributed by atoms with Gasteiger partial charge in [0.25, 0.3) is 0 Å². The summed E-state index contributed by atoms with van der Waals surface area (Å²) in [4.78, 5) is 12.4. The largest absolute Gasteiger partial charge is 0.325 e. The van der Waals surface area contributed by atoms with E-state index in [2.05, 4.69) is 31.4 Å². The van der Waals surface area contributed by atoms with E-state index >= 15 is 0 Å². The van der Waals surface area contributed by atoms with E-state index in [4.69, 9.17) is 0 Å². The predicted molar refractivity (Wildman–Crippen MR) is 116 cm³/mol. The maximum absolute atomic E-state index is 14.4. The Bertz CT molecular complexity index is 1020. The average molecular weight is 475 g/mol. The van der Waals surface area contributed by atoms with Gasteiger partial charge in [0.05, 0.1) is 11.3 Å². The van der Waals surface area contributed by atoms with Gasteiger partial charge in [0.1, 0.15) is 5.82 Å². The van der Waals surface area contributed by atoms with E-state index in [-0.39, 0.29) is 23.5 Å². The molecular weight excluding hydrogens is 455 g/mol. The molecular formula is C21H20BrFN4OS. The van der Waals surface area contributed by atoms with Crippen LogP contribution in [0.25, 0.3) is 11.4 Å². The van der Waals surface area contributed by atoms with E-state index < -0.39 is 0 Å². The second-order valence-corrected chi connectivity index (χ2v) is 8.80. The molecule has 150 valence electrons. The summed E-state index contributed by atoms with van der Waals surface area (Å²) in [7, 11) is 0. The van der Waals surface area contributed by atoms with Gasteiger partial charge in [-0.15, -0.1) is 10.2 Å². The van der Waals surface area contributed by atoms with E-state index in [1.165, 1.54) is 17.8 Å². The van der Waals surface area contributed by atoms with Gasteiger partial charge in [-0.25, -0.2) is 4.39 Å². The maximum atomic E-state index is 14.4. The molecule has 3 aromatic rings. The van der Waals surface area contributed by atoms with Crippen molar-refractivity contribution in [1.29, 1.82) is 0 Å². The first-order valence-electron chi connectivity index (χ1n) is 9.50. The first-order valence-corrected chi connectivity index (χ1v) is 11.3. The van der Waals surface area contributed by atoms with Crippen LogP contribution >= 0.6 is 27.7 Å². The summed E-state index contributed by atoms with van der Waals surface area (Å²) >= 11 is 4.73. The quantitative estimate of drug-likeness (QED) is 0.466. The number of carbonyl (C=O) groups is 1. The Kier molecular flexibility index (Phi) is 6.30. The number of amides is 1. The Morgan fingerprint density at radius 3 is 2.72 bits per heavy atom. The van der Waals surface area contributed by atoms with Crippen molar-refractivity contribution in [2.75, 3.05) is 11.1 Å². The number of thioether (sulfide) groups is 1. The van der Waals surface area contributed by atoms with Gasteiger partial charge in [-0.05, 0) is 43.2 Å². The fourth-order valence-corrected chi connectivity index (χ4v) is 4.79. The summed E-state index contributed by atoms with van der Waals surface area (Å²) in [6.07, 6.45) is 4.29. The van der Waals surface area contributed by atoms with E-state index in [0.717, 1.165) is 35.8 Å². The number of anilines is 1. The Morgan fingerprint density at radius 2 is 1.97 bits per heavy atom. The number of benzene rings is 2. The smallest absolute Gasteiger partial charge is 0.234 e. The molecule has 4 rings (SSSR count). The number of aromatic nitrogens is 3. The molecule has 5 nitrogen and oxygen atoms in total. The molecule has 1 amide bonds. The van der Waals surface area contributed by atoms with Gasteiger partial charge in [0.2, 0.25) is 5.91 Å². The van der Waals surface area contributed by atoms with Crippen molar-refractivity contribution in [1.82, 2.24) is 14.8 Å². The first-order chi connectivity index (χ1) is 14.1. The molecule has 0 bridgehead atoms. The third kappa shape index (κ3) is 4.70. The van der Waals surface area contributed by atoms with Crippen molar-refractivity contribution < 1.29 is 9.18 Å². The zero-order valence-corrected chi connectivity index (χ0v) is 18.0. The monoisotopic (exact) mass is 474 g/mol. The van der Waals surface area contributed by atoms with Crippen LogP contribution in [0.5, 0.6) is 0 Å². The zero-order chi connectivity index (χ0) is 20.2. The van der Waals surface area contributed by atoms with Gasteiger partial charge in [-0.1, -0.05) is 58.7 Å². The van der Waals surface area contributed by atoms with Crippen molar-refractivity contribution in [3.8, 4) is 11.4 Å². The molecule has 1 heterocycles. The van der Waals surface area contributed by atoms with E-state index in [9.17, 15) is 9.18 Å². The van der Waals surface area contributed by atoms with Crippen LogP contribution in [0.3, 0.4) is 0 Å². The van der Waals surface area contributed by atoms with Crippen molar-refractivity contribution in [3.63, 3.8) is 0 Å². The third-order valence-electron chi connectivity index (χ3n) is 4.91. The summed E-state index contributed by atoms with van der Waals surface area (Å²) in [5.41, 5.74) is 1.17. The zero-order valence-electron chi connectivity index (χ0n) is 15.6. The van der Waals surface area contributed by atoms with Crippen LogP contribution in [0.4, 0.5) is 10.1 Å². The van der Waals surface area contributed by atoms with Crippen molar-refractivity contribution >= 4 is 39.3 Å². The highest BCUT2D eigenvalue weighted by molar-refractivity contribution is 9.10. The molecule has 2 aromatic carbocycles. The van der Waals surface area contributed by atoms with E-state index in [0.29, 0.717) is 16.5 Å². The van der Waals surface area contributed by atoms with Crippen LogP contribution in [-0.4, -0.2) is 26.4 Å². The lowest BCUT2D eigenvalue weighted by molar-refractivity contribution is -0.113. The van der Waals surface area contributed by atoms with Crippen LogP contribution < -0.4 is 5.32 Å². The number of carbonyl (C=O) groups excluding carboxylic acids is 1. The highest BCUT2D eigenvalue weighted by atomic mass is 79.9. The Labute approximate surface area is 181 Å². The summed E-state index contributed by atoms with van der Waals surface area (Å²) in [6, 6.07) is 14.3. The summed E-state index contributed by atoms with van der Waals surface area (Å²) in [6.45, 7) is 0. The van der Waals surface area contributed by atoms with Crippen LogP contribution in [-0.2, 0) is 4.79 Å². The molecule has 0 aliphatic heterocycles. The minimum atomic E-state index is -0.317. The molecule has 0 atom stereocenters. The first kappa shape index (κ1) is 20.1. The highest BCUT2D eigenvalue weighted by Crippen LogP contribution is 2.37. The molecule has 0 radical (unpaired) electrons. The number of hydrogen-bond acceptors (Lipinski definition) is 4. The summed E-state index contributed by atoms with van der Waals surface area (Å²) in [5, 5.41) is 12.1. The Hall–Kier alpha value is -2.19. The number of halogens is 2. The van der Waals surface area contributed by atoms with Gasteiger partial charge in [0.15, 0.2) is 11.0 Å². The van der Waals surface area contributed by atoms with Crippen LogP contribution in [0.15, 0.2) is 58.2 Å². The summed E-state index contributed by atoms with van der Waals surface area (Å²) < 4.78 is 17.3. The SMILES string of the molecule is O=C(CSc1nnc(-c2ccccc2F)n1C1CCCC1)Nc1cccc(Br)c1. The number of nitrogens with zero attached hydrogens (tertiary/aromatic N) is 3. The molecule has 0 spiro atoms. The van der Waals surface area contributed by atoms with Gasteiger partial charge < -0.3 is 5.32 Å². The molecule has 1 aliphatic rings. The molecule has 1 aliphatic carbocycles. The number of nitrogens with one attached hydrogen (secondary N) is 1. The lowest BCUT2D eigenvalue weighted by Gasteiger charge is -2.17. The third-order valence-corrected chi connectivity index (χ3v) is 6.35. The van der Waals surface area contributed by atoms with Crippen molar-refractivity contribution in [2.24, 2.45) is 0 Å². The summed E-state index contributed by atoms with van der Waals surface area (Å²) in [5.74, 6) is 0.295. The fourth-order valence-electron chi connectivity index (χ4n) is 3.59. The molecule has 1 saturated carbocycles. The Balaban J connectivity index is 1.54. The molecule has 1 aromatic heterocycles. The van der Waals surface area contributed by atoms with Gasteiger partial charge in [-0.2, -0.15) is 0 Å². The van der Waals surface area contributed by atoms with Gasteiger partial charge in [0, 0.05) is 16.2 Å². The van der Waals surface area contributed by atoms with Crippen LogP contribution in [0.1, 0.15) is 31.7 Å². The normalized spacial score (nSPS) is 14.3. The van der Waals surface area contributed by atoms with Crippen LogP contribution in [0.2, 0.25) is 0 Å². The molecule has 8 heteroatoms. The molecule has 0 unspecified atom stereocenters. The number of rotatable bonds is 6. The lowest BCUT2D eigenvalue weighted by atomic mass is 10.1. The highest BCUT2D eigenvalue weighted by Gasteiger charge is 2.26. The van der Waals surface area contributed by atoms with E-state index in [1.807, 2.05) is 28.8 Å². The van der Waals surface area contributed by atoms with Crippen LogP contribution in [0, 0.1) is 5.82 Å². The minimum Gasteiger partial charge on any atom is -0.325 e. The standard InChI is InChI=1S/C21H20BrFN4OS/c22-14-6-5-7-15(12-14)24-19(28)13-29-21-26-25-20(17-10-3-4-11-18(17)23)27(21)16-8-1-2-9-16/h3-7,10-12,16H,1-2,8-9,13H2,(H,24,28). The minimum absolute atomic E-state index is 0.124. The molecule has 29 heavy (non-hydrogen) atoms. The maximum Gasteiger partial charge on any atom is 0.234 e. The topological polar surface area (TPSA) is 59.8 Å². The second kappa shape index (κ2) is 9.09. The second-order valence-electron chi connectivity index (χ2n) is 6.94. The van der Waals surface area contributed by atoms with Crippen molar-refractivity contribution in [2.45, 2.75) is 36.9 Å².